The van der Waals surface area contributed by atoms with E-state index < -0.39 is 35.9 Å². The molecule has 0 aliphatic rings. The van der Waals surface area contributed by atoms with Gasteiger partial charge in [0.05, 0.1) is 57.2 Å². The Morgan fingerprint density at radius 3 is 1.78 bits per heavy atom. The maximum absolute atomic E-state index is 12.3. The van der Waals surface area contributed by atoms with Gasteiger partial charge in [-0.1, -0.05) is 45.4 Å². The monoisotopic (exact) mass is 965 g/mol. The molecule has 0 unspecified atom stereocenters. The van der Waals surface area contributed by atoms with Crippen LogP contribution < -0.4 is 26.0 Å². The molecule has 0 heterocycles. The Kier molecular flexibility index (Phi) is 35.8. The third kappa shape index (κ3) is 32.6. The van der Waals surface area contributed by atoms with E-state index >= 15 is 0 Å². The summed E-state index contributed by atoms with van der Waals surface area (Å²) in [6.07, 6.45) is 9.25. The highest BCUT2D eigenvalue weighted by molar-refractivity contribution is 5.88. The van der Waals surface area contributed by atoms with Gasteiger partial charge < -0.3 is 60.3 Å². The lowest BCUT2D eigenvalue weighted by molar-refractivity contribution is -0.143. The second-order valence-electron chi connectivity index (χ2n) is 16.3. The maximum Gasteiger partial charge on any atom is 0.335 e. The van der Waals surface area contributed by atoms with Crippen LogP contribution in [0.15, 0.2) is 24.3 Å². The molecular weight excluding hydrogens is 889 g/mol. The van der Waals surface area contributed by atoms with Crippen molar-refractivity contribution >= 4 is 47.2 Å². The van der Waals surface area contributed by atoms with Crippen LogP contribution in [0.1, 0.15) is 133 Å². The van der Waals surface area contributed by atoms with Crippen LogP contribution in [0.3, 0.4) is 0 Å². The summed E-state index contributed by atoms with van der Waals surface area (Å²) in [7, 11) is 5.43. The molecule has 1 aromatic rings. The molecule has 1 rings (SSSR count). The Morgan fingerprint density at radius 2 is 1.16 bits per heavy atom. The zero-order chi connectivity index (χ0) is 50.2. The fourth-order valence-corrected chi connectivity index (χ4v) is 6.69. The Balaban J connectivity index is 1.96. The van der Waals surface area contributed by atoms with Crippen molar-refractivity contribution in [1.82, 2.24) is 21.3 Å². The minimum Gasteiger partial charge on any atom is -0.494 e. The van der Waals surface area contributed by atoms with Gasteiger partial charge in [-0.25, -0.2) is 9.59 Å². The van der Waals surface area contributed by atoms with Crippen molar-refractivity contribution in [2.24, 2.45) is 5.92 Å². The number of aromatic carboxylic acids is 1. The number of ketones is 2. The molecule has 68 heavy (non-hydrogen) atoms. The third-order valence-electron chi connectivity index (χ3n) is 10.6. The van der Waals surface area contributed by atoms with Crippen molar-refractivity contribution in [1.29, 1.82) is 0 Å². The molecule has 7 N–H and O–H groups in total. The zero-order valence-electron chi connectivity index (χ0n) is 39.8. The lowest BCUT2D eigenvalue weighted by atomic mass is 9.93. The van der Waals surface area contributed by atoms with E-state index in [1.54, 1.807) is 12.1 Å². The number of hydrogen-bond donors (Lipinski definition) is 7. The number of Topliss-reactive ketones (excluding diaryl/α,β-unsaturated/α-hetero) is 2. The molecule has 20 nitrogen and oxygen atoms in total. The lowest BCUT2D eigenvalue weighted by Crippen LogP contribution is -2.41. The summed E-state index contributed by atoms with van der Waals surface area (Å²) >= 11 is 0. The molecule has 20 heteroatoms. The molecule has 384 valence electrons. The molecule has 0 aromatic heterocycles. The summed E-state index contributed by atoms with van der Waals surface area (Å²) in [6.45, 7) is 3.99. The molecule has 0 fully saturated rings. The van der Waals surface area contributed by atoms with Crippen LogP contribution in [0.5, 0.6) is 5.75 Å². The number of benzene rings is 1. The summed E-state index contributed by atoms with van der Waals surface area (Å²) in [5, 5.41) is 38.4. The number of ether oxygens (including phenoxy) is 5. The van der Waals surface area contributed by atoms with Gasteiger partial charge in [-0.3, -0.25) is 28.8 Å². The Labute approximate surface area is 400 Å². The van der Waals surface area contributed by atoms with Gasteiger partial charge in [0.2, 0.25) is 17.7 Å². The van der Waals surface area contributed by atoms with Gasteiger partial charge in [0.25, 0.3) is 0 Å². The predicted octanol–water partition coefficient (Wildman–Crippen LogP) is 4.14. The van der Waals surface area contributed by atoms with Crippen molar-refractivity contribution in [3.05, 3.63) is 36.9 Å². The summed E-state index contributed by atoms with van der Waals surface area (Å²) in [5.41, 5.74) is 0.202. The number of carbonyl (C=O) groups excluding carboxylic acids is 5. The van der Waals surface area contributed by atoms with Gasteiger partial charge in [0.15, 0.2) is 0 Å². The second-order valence-corrected chi connectivity index (χ2v) is 16.3. The summed E-state index contributed by atoms with van der Waals surface area (Å²) in [4.78, 5) is 95.1. The van der Waals surface area contributed by atoms with Crippen molar-refractivity contribution in [3.8, 4) is 5.75 Å². The Morgan fingerprint density at radius 1 is 0.544 bits per heavy atom. The van der Waals surface area contributed by atoms with Crippen molar-refractivity contribution in [3.63, 3.8) is 0 Å². The van der Waals surface area contributed by atoms with Crippen LogP contribution in [0, 0.1) is 13.0 Å². The number of rotatable bonds is 46. The Hall–Kier alpha value is -5.02. The first kappa shape index (κ1) is 61.0. The molecule has 3 amide bonds. The number of amides is 3. The van der Waals surface area contributed by atoms with E-state index in [0.717, 1.165) is 38.5 Å². The van der Waals surface area contributed by atoms with E-state index in [9.17, 15) is 48.6 Å². The topological polar surface area (TPSA) is 292 Å². The highest BCUT2D eigenvalue weighted by Crippen LogP contribution is 2.17. The van der Waals surface area contributed by atoms with Gasteiger partial charge in [0, 0.05) is 52.4 Å². The highest BCUT2D eigenvalue weighted by Gasteiger charge is 2.23. The number of carboxylic acids is 3. The van der Waals surface area contributed by atoms with Crippen LogP contribution in [-0.4, -0.2) is 147 Å². The minimum atomic E-state index is -1.19. The first-order chi connectivity index (χ1) is 32.8. The van der Waals surface area contributed by atoms with Crippen LogP contribution in [0.2, 0.25) is 0 Å². The molecule has 0 spiro atoms. The minimum absolute atomic E-state index is 0.00439. The van der Waals surface area contributed by atoms with E-state index in [-0.39, 0.29) is 133 Å². The maximum atomic E-state index is 12.3. The molecular formula is C48H76N4O16. The standard InChI is InChI=1S/C48H76N4O16/c1-3-13-40(49-2)42(54)24-19-36(46(58)59)14-9-10-25-50-44(56)34-67-33-31-65-29-26-51-45(57)35-66-32-30-64-27-12-15-38(53)20-23-41(48(62)63)52-43(55)16-8-6-4-5-7-11-28-68-39-21-17-37(18-22-39)47(60)61/h2,17-18,21-22,36,40-41,49H,3-16,19-20,23-35H2,1H3,(H,50,56)(H,51,57)(H,52,55)(H,58,59)(H,60,61)(H,62,63)/t36-,40+,41+/m1/s1. The first-order valence-electron chi connectivity index (χ1n) is 23.8. The Bertz CT molecular complexity index is 1610. The molecule has 2 radical (unpaired) electrons. The van der Waals surface area contributed by atoms with Crippen LogP contribution in [0.25, 0.3) is 0 Å². The fourth-order valence-electron chi connectivity index (χ4n) is 6.69. The van der Waals surface area contributed by atoms with Gasteiger partial charge >= 0.3 is 17.9 Å². The van der Waals surface area contributed by atoms with Gasteiger partial charge in [-0.15, -0.1) is 0 Å². The molecule has 0 aliphatic carbocycles. The molecule has 0 saturated heterocycles. The van der Waals surface area contributed by atoms with E-state index in [1.165, 1.54) is 12.1 Å². The average Bonchev–Trinajstić information content (AvgIpc) is 3.31. The summed E-state index contributed by atoms with van der Waals surface area (Å²) in [6, 6.07) is 4.63. The smallest absolute Gasteiger partial charge is 0.335 e. The normalized spacial score (nSPS) is 12.4. The number of carbonyl (C=O) groups is 8. The summed E-state index contributed by atoms with van der Waals surface area (Å²) in [5.74, 6) is -4.40. The third-order valence-corrected chi connectivity index (χ3v) is 10.6. The van der Waals surface area contributed by atoms with Crippen LogP contribution in [0.4, 0.5) is 0 Å². The number of nitrogens with one attached hydrogen (secondary N) is 4. The van der Waals surface area contributed by atoms with E-state index in [0.29, 0.717) is 57.4 Å². The average molecular weight is 965 g/mol. The predicted molar refractivity (Wildman–Crippen MR) is 249 cm³/mol. The molecule has 0 saturated carbocycles. The fraction of sp³-hybridized carbons (Fsp3) is 0.688. The lowest BCUT2D eigenvalue weighted by Gasteiger charge is -2.16. The molecule has 0 bridgehead atoms. The van der Waals surface area contributed by atoms with Gasteiger partial charge in [-0.05, 0) is 75.6 Å². The summed E-state index contributed by atoms with van der Waals surface area (Å²) < 4.78 is 27.1. The number of unbranched alkanes of at least 4 members (excludes halogenated alkanes) is 6. The first-order valence-corrected chi connectivity index (χ1v) is 23.8. The van der Waals surface area contributed by atoms with Crippen LogP contribution >= 0.6 is 0 Å². The SMILES string of the molecule is [CH]N[C@@H](CCC)C(=O)CC[C@@H](CCCCNC(=O)COCCOCCNC(=O)COCCOCCCC(=O)CC[C@H](NC(=O)CCCCCCCCOc1ccc(C(=O)O)cc1)C(=O)O)C(=O)O. The second kappa shape index (κ2) is 39.9. The molecule has 0 aliphatic heterocycles. The quantitative estimate of drug-likeness (QED) is 0.0357. The highest BCUT2D eigenvalue weighted by atomic mass is 16.5. The van der Waals surface area contributed by atoms with Gasteiger partial charge in [0.1, 0.15) is 36.6 Å². The number of carboxylic acid groups (broad SMARTS) is 3. The van der Waals surface area contributed by atoms with Crippen molar-refractivity contribution < 1.29 is 77.4 Å². The molecule has 3 atom stereocenters. The molecule has 1 aromatic carbocycles. The van der Waals surface area contributed by atoms with E-state index in [2.05, 4.69) is 21.3 Å². The van der Waals surface area contributed by atoms with Crippen molar-refractivity contribution in [2.45, 2.75) is 135 Å². The van der Waals surface area contributed by atoms with Crippen molar-refractivity contribution in [2.75, 3.05) is 72.6 Å². The van der Waals surface area contributed by atoms with Gasteiger partial charge in [-0.2, -0.15) is 0 Å². The van der Waals surface area contributed by atoms with E-state index in [1.807, 2.05) is 6.92 Å². The van der Waals surface area contributed by atoms with E-state index in [4.69, 9.17) is 35.8 Å². The zero-order valence-corrected chi connectivity index (χ0v) is 39.8. The van der Waals surface area contributed by atoms with Crippen LogP contribution in [-0.2, 0) is 52.5 Å². The number of aliphatic carboxylic acids is 2. The number of hydrogen-bond acceptors (Lipinski definition) is 14. The largest absolute Gasteiger partial charge is 0.494 e.